The number of carbonyl (C=O) groups is 1. The molecule has 7 nitrogen and oxygen atoms in total. The van der Waals surface area contributed by atoms with Gasteiger partial charge in [-0.25, -0.2) is 13.1 Å². The molecule has 1 heterocycles. The molecule has 3 rings (SSSR count). The lowest BCUT2D eigenvalue weighted by molar-refractivity contribution is -0.120. The summed E-state index contributed by atoms with van der Waals surface area (Å²) in [6.45, 7) is 9.38. The van der Waals surface area contributed by atoms with E-state index < -0.39 is 10.0 Å². The third kappa shape index (κ3) is 7.05. The van der Waals surface area contributed by atoms with E-state index in [9.17, 15) is 13.2 Å². The first-order valence-electron chi connectivity index (χ1n) is 11.2. The van der Waals surface area contributed by atoms with Gasteiger partial charge in [-0.05, 0) is 50.6 Å². The summed E-state index contributed by atoms with van der Waals surface area (Å²) in [5.41, 5.74) is 2.98. The summed E-state index contributed by atoms with van der Waals surface area (Å²) in [6.07, 6.45) is 1.01. The van der Waals surface area contributed by atoms with Crippen LogP contribution in [0.1, 0.15) is 24.0 Å². The van der Waals surface area contributed by atoms with E-state index in [0.29, 0.717) is 12.1 Å². The minimum absolute atomic E-state index is 0.0862. The van der Waals surface area contributed by atoms with E-state index in [1.165, 1.54) is 5.69 Å². The molecule has 1 aliphatic heterocycles. The van der Waals surface area contributed by atoms with Gasteiger partial charge in [0, 0.05) is 51.4 Å². The van der Waals surface area contributed by atoms with E-state index >= 15 is 0 Å². The van der Waals surface area contributed by atoms with Gasteiger partial charge in [0.05, 0.1) is 4.90 Å². The van der Waals surface area contributed by atoms with E-state index in [1.54, 1.807) is 19.1 Å². The number of piperazine rings is 1. The Bertz CT molecular complexity index is 988. The topological polar surface area (TPSA) is 81.7 Å². The van der Waals surface area contributed by atoms with Gasteiger partial charge in [0.25, 0.3) is 0 Å². The van der Waals surface area contributed by atoms with Crippen LogP contribution in [0.3, 0.4) is 0 Å². The molecule has 32 heavy (non-hydrogen) atoms. The van der Waals surface area contributed by atoms with Crippen molar-refractivity contribution < 1.29 is 13.2 Å². The summed E-state index contributed by atoms with van der Waals surface area (Å²) in [7, 11) is -3.61. The van der Waals surface area contributed by atoms with Crippen molar-refractivity contribution in [2.75, 3.05) is 50.7 Å². The normalized spacial score (nSPS) is 15.0. The first kappa shape index (κ1) is 24.2. The van der Waals surface area contributed by atoms with Crippen molar-refractivity contribution in [1.82, 2.24) is 14.9 Å². The van der Waals surface area contributed by atoms with Gasteiger partial charge in [-0.2, -0.15) is 0 Å². The fraction of sp³-hybridized carbons (Fsp3) is 0.458. The quantitative estimate of drug-likeness (QED) is 0.534. The summed E-state index contributed by atoms with van der Waals surface area (Å²) in [5.74, 6) is -0.137. The van der Waals surface area contributed by atoms with Gasteiger partial charge >= 0.3 is 0 Å². The molecule has 0 saturated carbocycles. The molecule has 0 unspecified atom stereocenters. The molecule has 8 heteroatoms. The molecule has 1 saturated heterocycles. The molecule has 1 fully saturated rings. The maximum atomic E-state index is 12.4. The molecule has 0 spiro atoms. The molecular weight excluding hydrogens is 424 g/mol. The number of para-hydroxylation sites is 1. The number of nitrogens with one attached hydrogen (secondary N) is 2. The maximum absolute atomic E-state index is 12.4. The summed E-state index contributed by atoms with van der Waals surface area (Å²) in [4.78, 5) is 17.1. The van der Waals surface area contributed by atoms with E-state index in [4.69, 9.17) is 0 Å². The lowest BCUT2D eigenvalue weighted by atomic mass is 10.2. The van der Waals surface area contributed by atoms with Crippen molar-refractivity contribution in [3.63, 3.8) is 0 Å². The Morgan fingerprint density at radius 2 is 1.69 bits per heavy atom. The average Bonchev–Trinajstić information content (AvgIpc) is 2.77. The van der Waals surface area contributed by atoms with Crippen molar-refractivity contribution >= 4 is 21.6 Å². The molecule has 174 valence electrons. The van der Waals surface area contributed by atoms with Crippen LogP contribution in [0.4, 0.5) is 5.69 Å². The smallest absolute Gasteiger partial charge is 0.240 e. The first-order valence-corrected chi connectivity index (χ1v) is 12.7. The Balaban J connectivity index is 1.29. The van der Waals surface area contributed by atoms with Crippen LogP contribution < -0.4 is 14.9 Å². The monoisotopic (exact) mass is 458 g/mol. The number of hydrogen-bond acceptors (Lipinski definition) is 5. The standard InChI is InChI=1S/C24H34N4O3S/c1-20-9-10-23(21(2)19-20)32(30,31)26-13-11-24(29)25-12-6-14-27-15-17-28(18-16-27)22-7-4-3-5-8-22/h3-5,7-10,19,26H,6,11-18H2,1-2H3,(H,25,29). The van der Waals surface area contributed by atoms with Gasteiger partial charge in [-0.1, -0.05) is 35.9 Å². The first-order chi connectivity index (χ1) is 15.3. The highest BCUT2D eigenvalue weighted by atomic mass is 32.2. The van der Waals surface area contributed by atoms with Crippen LogP contribution in [-0.4, -0.2) is 65.0 Å². The predicted octanol–water partition coefficient (Wildman–Crippen LogP) is 2.30. The van der Waals surface area contributed by atoms with Crippen LogP contribution in [0.2, 0.25) is 0 Å². The van der Waals surface area contributed by atoms with Crippen molar-refractivity contribution in [2.24, 2.45) is 0 Å². The molecule has 0 bridgehead atoms. The SMILES string of the molecule is Cc1ccc(S(=O)(=O)NCCC(=O)NCCCN2CCN(c3ccccc3)CC2)c(C)c1. The molecule has 0 radical (unpaired) electrons. The molecular formula is C24H34N4O3S. The Morgan fingerprint density at radius 1 is 0.969 bits per heavy atom. The van der Waals surface area contributed by atoms with Crippen LogP contribution in [0, 0.1) is 13.8 Å². The number of anilines is 1. The summed E-state index contributed by atoms with van der Waals surface area (Å²) in [5, 5.41) is 2.89. The van der Waals surface area contributed by atoms with Crippen LogP contribution in [0.25, 0.3) is 0 Å². The number of hydrogen-bond donors (Lipinski definition) is 2. The van der Waals surface area contributed by atoms with E-state index in [2.05, 4.69) is 44.1 Å². The Labute approximate surface area is 191 Å². The zero-order valence-corrected chi connectivity index (χ0v) is 19.8. The summed E-state index contributed by atoms with van der Waals surface area (Å²) in [6, 6.07) is 15.7. The molecule has 1 amide bonds. The van der Waals surface area contributed by atoms with Gasteiger partial charge in [0.15, 0.2) is 0 Å². The minimum atomic E-state index is -3.61. The van der Waals surface area contributed by atoms with E-state index in [0.717, 1.165) is 44.7 Å². The molecule has 2 aromatic carbocycles. The second-order valence-electron chi connectivity index (χ2n) is 8.28. The Hall–Kier alpha value is -2.42. The number of amides is 1. The van der Waals surface area contributed by atoms with E-state index in [-0.39, 0.29) is 23.8 Å². The number of rotatable bonds is 10. The maximum Gasteiger partial charge on any atom is 0.240 e. The van der Waals surface area contributed by atoms with Crippen LogP contribution in [-0.2, 0) is 14.8 Å². The molecule has 2 aromatic rings. The highest BCUT2D eigenvalue weighted by molar-refractivity contribution is 7.89. The number of sulfonamides is 1. The highest BCUT2D eigenvalue weighted by Gasteiger charge is 2.18. The summed E-state index contributed by atoms with van der Waals surface area (Å²) < 4.78 is 27.4. The number of nitrogens with zero attached hydrogens (tertiary/aromatic N) is 2. The molecule has 1 aliphatic rings. The van der Waals surface area contributed by atoms with Crippen molar-refractivity contribution in [3.05, 3.63) is 59.7 Å². The number of aryl methyl sites for hydroxylation is 2. The minimum Gasteiger partial charge on any atom is -0.369 e. The number of benzene rings is 2. The predicted molar refractivity (Wildman–Crippen MR) is 128 cm³/mol. The fourth-order valence-electron chi connectivity index (χ4n) is 3.96. The second-order valence-corrected chi connectivity index (χ2v) is 10.0. The van der Waals surface area contributed by atoms with Crippen LogP contribution in [0.15, 0.2) is 53.4 Å². The van der Waals surface area contributed by atoms with Gasteiger partial charge < -0.3 is 10.2 Å². The van der Waals surface area contributed by atoms with E-state index in [1.807, 2.05) is 19.1 Å². The second kappa shape index (κ2) is 11.4. The van der Waals surface area contributed by atoms with Gasteiger partial charge in [0.1, 0.15) is 0 Å². The average molecular weight is 459 g/mol. The van der Waals surface area contributed by atoms with Crippen molar-refractivity contribution in [1.29, 1.82) is 0 Å². The molecule has 0 atom stereocenters. The largest absolute Gasteiger partial charge is 0.369 e. The molecule has 2 N–H and O–H groups in total. The third-order valence-electron chi connectivity index (χ3n) is 5.73. The lowest BCUT2D eigenvalue weighted by Crippen LogP contribution is -2.47. The van der Waals surface area contributed by atoms with Crippen LogP contribution in [0.5, 0.6) is 0 Å². The highest BCUT2D eigenvalue weighted by Crippen LogP contribution is 2.16. The van der Waals surface area contributed by atoms with Crippen molar-refractivity contribution in [2.45, 2.75) is 31.6 Å². The van der Waals surface area contributed by atoms with Gasteiger partial charge in [-0.3, -0.25) is 9.69 Å². The molecule has 0 aliphatic carbocycles. The van der Waals surface area contributed by atoms with Gasteiger partial charge in [0.2, 0.25) is 15.9 Å². The zero-order chi connectivity index (χ0) is 23.0. The Morgan fingerprint density at radius 3 is 2.38 bits per heavy atom. The molecule has 0 aromatic heterocycles. The fourth-order valence-corrected chi connectivity index (χ4v) is 5.22. The van der Waals surface area contributed by atoms with Crippen LogP contribution >= 0.6 is 0 Å². The number of carbonyl (C=O) groups excluding carboxylic acids is 1. The lowest BCUT2D eigenvalue weighted by Gasteiger charge is -2.36. The van der Waals surface area contributed by atoms with Crippen molar-refractivity contribution in [3.8, 4) is 0 Å². The third-order valence-corrected chi connectivity index (χ3v) is 7.35. The van der Waals surface area contributed by atoms with Gasteiger partial charge in [-0.15, -0.1) is 0 Å². The Kier molecular flexibility index (Phi) is 8.67. The summed E-state index contributed by atoms with van der Waals surface area (Å²) >= 11 is 0. The zero-order valence-electron chi connectivity index (χ0n) is 19.0.